The molecule has 0 aliphatic heterocycles. The molecule has 2 atom stereocenters. The van der Waals surface area contributed by atoms with Crippen LogP contribution in [0, 0.1) is 11.3 Å². The second-order valence-corrected chi connectivity index (χ2v) is 6.72. The number of nitrogens with zero attached hydrogens (tertiary/aromatic N) is 3. The Morgan fingerprint density at radius 2 is 2.38 bits per heavy atom. The van der Waals surface area contributed by atoms with Crippen molar-refractivity contribution in [2.75, 3.05) is 11.4 Å². The molecule has 2 unspecified atom stereocenters. The van der Waals surface area contributed by atoms with Gasteiger partial charge in [0.25, 0.3) is 0 Å². The van der Waals surface area contributed by atoms with Crippen LogP contribution in [0.3, 0.4) is 0 Å². The fraction of sp³-hybridized carbons (Fsp3) is 0.444. The van der Waals surface area contributed by atoms with Crippen LogP contribution >= 0.6 is 11.6 Å². The van der Waals surface area contributed by atoms with Crippen molar-refractivity contribution < 1.29 is 5.11 Å². The summed E-state index contributed by atoms with van der Waals surface area (Å²) in [6.45, 7) is 2.90. The first kappa shape index (κ1) is 16.8. The molecule has 1 aliphatic carbocycles. The normalized spacial score (nSPS) is 23.7. The van der Waals surface area contributed by atoms with Gasteiger partial charge in [0.1, 0.15) is 11.7 Å². The molecule has 2 aromatic rings. The molecule has 0 radical (unpaired) electrons. The number of H-pyrrole nitrogens is 1. The lowest BCUT2D eigenvalue weighted by molar-refractivity contribution is -0.0117. The highest BCUT2D eigenvalue weighted by molar-refractivity contribution is 6.32. The van der Waals surface area contributed by atoms with Crippen LogP contribution in [0.5, 0.6) is 0 Å². The Morgan fingerprint density at radius 1 is 1.54 bits per heavy atom. The summed E-state index contributed by atoms with van der Waals surface area (Å²) in [7, 11) is 0. The molecule has 0 saturated heterocycles. The van der Waals surface area contributed by atoms with Gasteiger partial charge >= 0.3 is 0 Å². The SMILES string of the molecule is CCN(c1ccc(C#N)c(Cl)c1)C1CCCC(O)(c2cnc[nH]2)C1. The number of hydrogen-bond acceptors (Lipinski definition) is 4. The Labute approximate surface area is 146 Å². The van der Waals surface area contributed by atoms with Crippen LogP contribution in [0.1, 0.15) is 43.9 Å². The second kappa shape index (κ2) is 6.84. The number of benzene rings is 1. The predicted octanol–water partition coefficient (Wildman–Crippen LogP) is 3.59. The summed E-state index contributed by atoms with van der Waals surface area (Å²) in [5.74, 6) is 0. The number of aromatic amines is 1. The maximum absolute atomic E-state index is 11.1. The molecule has 0 amide bonds. The van der Waals surface area contributed by atoms with E-state index in [0.717, 1.165) is 37.2 Å². The number of imidazole rings is 1. The number of halogens is 1. The van der Waals surface area contributed by atoms with E-state index >= 15 is 0 Å². The average Bonchev–Trinajstić information content (AvgIpc) is 3.11. The van der Waals surface area contributed by atoms with Crippen molar-refractivity contribution in [2.45, 2.75) is 44.2 Å². The first-order chi connectivity index (χ1) is 11.6. The van der Waals surface area contributed by atoms with Crippen LogP contribution in [0.2, 0.25) is 5.02 Å². The minimum absolute atomic E-state index is 0.209. The van der Waals surface area contributed by atoms with Gasteiger partial charge in [0.2, 0.25) is 0 Å². The van der Waals surface area contributed by atoms with Gasteiger partial charge in [-0.05, 0) is 44.4 Å². The summed E-state index contributed by atoms with van der Waals surface area (Å²) in [5, 5.41) is 20.6. The van der Waals surface area contributed by atoms with Crippen LogP contribution in [0.15, 0.2) is 30.7 Å². The Morgan fingerprint density at radius 3 is 3.00 bits per heavy atom. The molecule has 1 aromatic heterocycles. The van der Waals surface area contributed by atoms with Gasteiger partial charge in [0.15, 0.2) is 0 Å². The molecular formula is C18H21ClN4O. The third kappa shape index (κ3) is 3.12. The van der Waals surface area contributed by atoms with Gasteiger partial charge in [-0.2, -0.15) is 5.26 Å². The fourth-order valence-corrected chi connectivity index (χ4v) is 3.89. The zero-order valence-corrected chi connectivity index (χ0v) is 14.4. The van der Waals surface area contributed by atoms with E-state index in [9.17, 15) is 5.11 Å². The Bertz CT molecular complexity index is 740. The molecule has 0 bridgehead atoms. The molecule has 1 aliphatic rings. The molecule has 126 valence electrons. The van der Waals surface area contributed by atoms with Crippen molar-refractivity contribution >= 4 is 17.3 Å². The van der Waals surface area contributed by atoms with Gasteiger partial charge in [-0.1, -0.05) is 11.6 Å². The highest BCUT2D eigenvalue weighted by Crippen LogP contribution is 2.39. The van der Waals surface area contributed by atoms with Gasteiger partial charge in [-0.3, -0.25) is 0 Å². The minimum atomic E-state index is -0.872. The third-order valence-corrected chi connectivity index (χ3v) is 5.20. The lowest BCUT2D eigenvalue weighted by Crippen LogP contribution is -2.45. The molecule has 5 nitrogen and oxygen atoms in total. The summed E-state index contributed by atoms with van der Waals surface area (Å²) in [5.41, 5.74) is 1.37. The minimum Gasteiger partial charge on any atom is -0.384 e. The zero-order valence-electron chi connectivity index (χ0n) is 13.7. The quantitative estimate of drug-likeness (QED) is 0.888. The number of rotatable bonds is 4. The lowest BCUT2D eigenvalue weighted by Gasteiger charge is -2.42. The van der Waals surface area contributed by atoms with Crippen molar-refractivity contribution in [2.24, 2.45) is 0 Å². The van der Waals surface area contributed by atoms with E-state index in [1.54, 1.807) is 18.6 Å². The summed E-state index contributed by atoms with van der Waals surface area (Å²) < 4.78 is 0. The largest absolute Gasteiger partial charge is 0.384 e. The number of anilines is 1. The van der Waals surface area contributed by atoms with E-state index in [-0.39, 0.29) is 6.04 Å². The van der Waals surface area contributed by atoms with E-state index in [0.29, 0.717) is 17.0 Å². The molecular weight excluding hydrogens is 324 g/mol. The predicted molar refractivity (Wildman–Crippen MR) is 93.9 cm³/mol. The average molecular weight is 345 g/mol. The monoisotopic (exact) mass is 344 g/mol. The number of aliphatic hydroxyl groups is 1. The number of hydrogen-bond donors (Lipinski definition) is 2. The van der Waals surface area contributed by atoms with Crippen LogP contribution in [0.4, 0.5) is 5.69 Å². The zero-order chi connectivity index (χ0) is 17.2. The van der Waals surface area contributed by atoms with Gasteiger partial charge < -0.3 is 15.0 Å². The van der Waals surface area contributed by atoms with Gasteiger partial charge in [0, 0.05) is 24.7 Å². The van der Waals surface area contributed by atoms with Gasteiger partial charge in [0.05, 0.1) is 28.8 Å². The summed E-state index contributed by atoms with van der Waals surface area (Å²) >= 11 is 6.19. The van der Waals surface area contributed by atoms with Crippen molar-refractivity contribution in [3.05, 3.63) is 47.0 Å². The molecule has 3 rings (SSSR count). The molecule has 24 heavy (non-hydrogen) atoms. The van der Waals surface area contributed by atoms with Crippen molar-refractivity contribution in [1.29, 1.82) is 5.26 Å². The third-order valence-electron chi connectivity index (χ3n) is 4.89. The summed E-state index contributed by atoms with van der Waals surface area (Å²) in [6.07, 6.45) is 6.65. The molecule has 1 fully saturated rings. The molecule has 1 heterocycles. The van der Waals surface area contributed by atoms with E-state index in [1.807, 2.05) is 12.1 Å². The lowest BCUT2D eigenvalue weighted by atomic mass is 9.79. The standard InChI is InChI=1S/C18H21ClN4O/c1-2-23(14-6-5-13(10-20)16(19)8-14)15-4-3-7-18(24,9-15)17-11-21-12-22-17/h5-6,8,11-12,15,24H,2-4,7,9H2,1H3,(H,21,22). The first-order valence-corrected chi connectivity index (χ1v) is 8.62. The van der Waals surface area contributed by atoms with Crippen LogP contribution in [0.25, 0.3) is 0 Å². The van der Waals surface area contributed by atoms with Crippen molar-refractivity contribution in [3.63, 3.8) is 0 Å². The maximum Gasteiger partial charge on any atom is 0.108 e. The fourth-order valence-electron chi connectivity index (χ4n) is 3.67. The van der Waals surface area contributed by atoms with Gasteiger partial charge in [-0.25, -0.2) is 4.98 Å². The van der Waals surface area contributed by atoms with Gasteiger partial charge in [-0.15, -0.1) is 0 Å². The molecule has 1 aromatic carbocycles. The van der Waals surface area contributed by atoms with Crippen molar-refractivity contribution in [3.8, 4) is 6.07 Å². The summed E-state index contributed by atoms with van der Waals surface area (Å²) in [6, 6.07) is 7.82. The molecule has 1 saturated carbocycles. The Balaban J connectivity index is 1.85. The summed E-state index contributed by atoms with van der Waals surface area (Å²) in [4.78, 5) is 9.35. The first-order valence-electron chi connectivity index (χ1n) is 8.25. The highest BCUT2D eigenvalue weighted by atomic mass is 35.5. The van der Waals surface area contributed by atoms with E-state index in [1.165, 1.54) is 0 Å². The molecule has 2 N–H and O–H groups in total. The van der Waals surface area contributed by atoms with Crippen molar-refractivity contribution in [1.82, 2.24) is 9.97 Å². The number of aromatic nitrogens is 2. The number of nitrogens with one attached hydrogen (secondary N) is 1. The molecule has 0 spiro atoms. The Kier molecular flexibility index (Phi) is 4.79. The van der Waals surface area contributed by atoms with Crippen LogP contribution in [-0.4, -0.2) is 27.7 Å². The van der Waals surface area contributed by atoms with E-state index in [4.69, 9.17) is 16.9 Å². The smallest absolute Gasteiger partial charge is 0.108 e. The molecule has 6 heteroatoms. The van der Waals surface area contributed by atoms with E-state index < -0.39 is 5.60 Å². The topological polar surface area (TPSA) is 75.9 Å². The second-order valence-electron chi connectivity index (χ2n) is 6.31. The van der Waals surface area contributed by atoms with E-state index in [2.05, 4.69) is 27.9 Å². The number of nitriles is 1. The van der Waals surface area contributed by atoms with Crippen LogP contribution < -0.4 is 4.90 Å². The van der Waals surface area contributed by atoms with Crippen LogP contribution in [-0.2, 0) is 5.60 Å². The highest BCUT2D eigenvalue weighted by Gasteiger charge is 2.39. The maximum atomic E-state index is 11.1. The Hall–Kier alpha value is -2.03.